The van der Waals surface area contributed by atoms with Crippen molar-refractivity contribution in [1.29, 1.82) is 0 Å². The molecule has 1 fully saturated rings. The third-order valence-electron chi connectivity index (χ3n) is 3.28. The first-order valence-electron chi connectivity index (χ1n) is 7.16. The standard InChI is InChI=1S/C14H26O3/c1-2-3-9-12-16-14(15)17-13-10-7-5-4-6-8-11-13/h13H,2-12H2,1H3. The molecule has 0 aromatic rings. The quantitative estimate of drug-likeness (QED) is 0.528. The highest BCUT2D eigenvalue weighted by Crippen LogP contribution is 2.19. The average Bonchev–Trinajstić information content (AvgIpc) is 2.28. The fraction of sp³-hybridized carbons (Fsp3) is 0.929. The molecule has 0 saturated heterocycles. The van der Waals surface area contributed by atoms with E-state index in [2.05, 4.69) is 6.92 Å². The van der Waals surface area contributed by atoms with E-state index in [0.717, 1.165) is 32.1 Å². The van der Waals surface area contributed by atoms with Crippen LogP contribution in [0.15, 0.2) is 0 Å². The summed E-state index contributed by atoms with van der Waals surface area (Å²) in [4.78, 5) is 11.4. The van der Waals surface area contributed by atoms with Gasteiger partial charge in [-0.15, -0.1) is 0 Å². The summed E-state index contributed by atoms with van der Waals surface area (Å²) in [6, 6.07) is 0. The van der Waals surface area contributed by atoms with Crippen molar-refractivity contribution in [3.05, 3.63) is 0 Å². The van der Waals surface area contributed by atoms with Crippen molar-refractivity contribution in [2.45, 2.75) is 77.2 Å². The summed E-state index contributed by atoms with van der Waals surface area (Å²) in [6.07, 6.45) is 11.0. The molecule has 0 aromatic carbocycles. The van der Waals surface area contributed by atoms with Crippen LogP contribution in [0.4, 0.5) is 4.79 Å². The minimum absolute atomic E-state index is 0.0916. The van der Waals surface area contributed by atoms with E-state index in [0.29, 0.717) is 6.61 Å². The molecule has 0 aliphatic heterocycles. The largest absolute Gasteiger partial charge is 0.508 e. The summed E-state index contributed by atoms with van der Waals surface area (Å²) >= 11 is 0. The van der Waals surface area contributed by atoms with Gasteiger partial charge >= 0.3 is 6.16 Å². The number of rotatable bonds is 5. The fourth-order valence-corrected chi connectivity index (χ4v) is 2.21. The van der Waals surface area contributed by atoms with Crippen LogP contribution in [0.25, 0.3) is 0 Å². The van der Waals surface area contributed by atoms with Crippen molar-refractivity contribution < 1.29 is 14.3 Å². The molecular formula is C14H26O3. The molecule has 100 valence electrons. The van der Waals surface area contributed by atoms with Crippen LogP contribution in [0.2, 0.25) is 0 Å². The third kappa shape index (κ3) is 7.24. The SMILES string of the molecule is CCCCCOC(=O)OC1CCCCCCC1. The topological polar surface area (TPSA) is 35.5 Å². The van der Waals surface area contributed by atoms with Gasteiger partial charge in [0.25, 0.3) is 0 Å². The molecule has 3 heteroatoms. The van der Waals surface area contributed by atoms with Gasteiger partial charge in [-0.1, -0.05) is 39.0 Å². The van der Waals surface area contributed by atoms with E-state index in [1.165, 1.54) is 32.1 Å². The van der Waals surface area contributed by atoms with Gasteiger partial charge in [-0.25, -0.2) is 4.79 Å². The maximum absolute atomic E-state index is 11.4. The average molecular weight is 242 g/mol. The Morgan fingerprint density at radius 1 is 1.06 bits per heavy atom. The van der Waals surface area contributed by atoms with Crippen molar-refractivity contribution in [2.75, 3.05) is 6.61 Å². The number of unbranched alkanes of at least 4 members (excludes halogenated alkanes) is 2. The maximum atomic E-state index is 11.4. The summed E-state index contributed by atoms with van der Waals surface area (Å²) in [5.74, 6) is 0. The zero-order chi connectivity index (χ0) is 12.3. The van der Waals surface area contributed by atoms with E-state index in [-0.39, 0.29) is 6.10 Å². The van der Waals surface area contributed by atoms with Gasteiger partial charge in [0.05, 0.1) is 6.61 Å². The molecule has 1 aliphatic rings. The Hall–Kier alpha value is -0.730. The second-order valence-electron chi connectivity index (χ2n) is 4.89. The van der Waals surface area contributed by atoms with Gasteiger partial charge in [-0.2, -0.15) is 0 Å². The van der Waals surface area contributed by atoms with Crippen molar-refractivity contribution in [1.82, 2.24) is 0 Å². The third-order valence-corrected chi connectivity index (χ3v) is 3.28. The lowest BCUT2D eigenvalue weighted by molar-refractivity contribution is 0.0143. The lowest BCUT2D eigenvalue weighted by atomic mass is 9.99. The number of hydrogen-bond donors (Lipinski definition) is 0. The molecule has 0 N–H and O–H groups in total. The second kappa shape index (κ2) is 9.32. The molecule has 0 atom stereocenters. The van der Waals surface area contributed by atoms with Crippen LogP contribution in [0.5, 0.6) is 0 Å². The highest BCUT2D eigenvalue weighted by molar-refractivity contribution is 5.60. The molecule has 0 radical (unpaired) electrons. The Balaban J connectivity index is 2.10. The fourth-order valence-electron chi connectivity index (χ4n) is 2.21. The number of carbonyl (C=O) groups excluding carboxylic acids is 1. The summed E-state index contributed by atoms with van der Waals surface area (Å²) in [5, 5.41) is 0. The van der Waals surface area contributed by atoms with Crippen molar-refractivity contribution in [3.8, 4) is 0 Å². The van der Waals surface area contributed by atoms with Crippen LogP contribution in [-0.2, 0) is 9.47 Å². The van der Waals surface area contributed by atoms with E-state index in [1.807, 2.05) is 0 Å². The molecule has 0 spiro atoms. The van der Waals surface area contributed by atoms with E-state index >= 15 is 0 Å². The molecule has 0 unspecified atom stereocenters. The normalized spacial score (nSPS) is 18.2. The van der Waals surface area contributed by atoms with E-state index in [1.54, 1.807) is 0 Å². The molecule has 1 aliphatic carbocycles. The van der Waals surface area contributed by atoms with Crippen molar-refractivity contribution in [2.24, 2.45) is 0 Å². The number of carbonyl (C=O) groups is 1. The van der Waals surface area contributed by atoms with Crippen molar-refractivity contribution >= 4 is 6.16 Å². The summed E-state index contributed by atoms with van der Waals surface area (Å²) in [6.45, 7) is 2.63. The molecular weight excluding hydrogens is 216 g/mol. The Bertz CT molecular complexity index is 196. The van der Waals surface area contributed by atoms with Gasteiger partial charge in [0.1, 0.15) is 6.10 Å². The van der Waals surface area contributed by atoms with E-state index < -0.39 is 6.16 Å². The number of ether oxygens (including phenoxy) is 2. The molecule has 0 bridgehead atoms. The minimum Gasteiger partial charge on any atom is -0.434 e. The zero-order valence-electron chi connectivity index (χ0n) is 11.1. The van der Waals surface area contributed by atoms with Crippen LogP contribution in [0, 0.1) is 0 Å². The molecule has 0 aromatic heterocycles. The first-order valence-corrected chi connectivity index (χ1v) is 7.16. The summed E-state index contributed by atoms with van der Waals surface area (Å²) in [5.41, 5.74) is 0. The van der Waals surface area contributed by atoms with Crippen LogP contribution in [0.1, 0.15) is 71.1 Å². The first kappa shape index (κ1) is 14.3. The number of hydrogen-bond acceptors (Lipinski definition) is 3. The van der Waals surface area contributed by atoms with Crippen LogP contribution < -0.4 is 0 Å². The lowest BCUT2D eigenvalue weighted by Gasteiger charge is -2.19. The zero-order valence-corrected chi connectivity index (χ0v) is 11.1. The Morgan fingerprint density at radius 2 is 1.71 bits per heavy atom. The predicted octanol–water partition coefficient (Wildman–Crippen LogP) is 4.44. The molecule has 1 saturated carbocycles. The highest BCUT2D eigenvalue weighted by Gasteiger charge is 2.16. The van der Waals surface area contributed by atoms with Crippen LogP contribution in [0.3, 0.4) is 0 Å². The van der Waals surface area contributed by atoms with E-state index in [9.17, 15) is 4.79 Å². The Labute approximate surface area is 105 Å². The van der Waals surface area contributed by atoms with Gasteiger partial charge in [-0.3, -0.25) is 0 Å². The molecule has 0 heterocycles. The van der Waals surface area contributed by atoms with E-state index in [4.69, 9.17) is 9.47 Å². The molecule has 1 rings (SSSR count). The second-order valence-corrected chi connectivity index (χ2v) is 4.89. The monoisotopic (exact) mass is 242 g/mol. The highest BCUT2D eigenvalue weighted by atomic mass is 16.7. The van der Waals surface area contributed by atoms with Gasteiger partial charge in [-0.05, 0) is 32.1 Å². The van der Waals surface area contributed by atoms with Crippen LogP contribution >= 0.6 is 0 Å². The molecule has 17 heavy (non-hydrogen) atoms. The van der Waals surface area contributed by atoms with Crippen molar-refractivity contribution in [3.63, 3.8) is 0 Å². The summed E-state index contributed by atoms with van der Waals surface area (Å²) < 4.78 is 10.4. The van der Waals surface area contributed by atoms with Gasteiger partial charge in [0.2, 0.25) is 0 Å². The first-order chi connectivity index (χ1) is 8.33. The van der Waals surface area contributed by atoms with Crippen LogP contribution in [-0.4, -0.2) is 18.9 Å². The molecule has 0 amide bonds. The van der Waals surface area contributed by atoms with Gasteiger partial charge < -0.3 is 9.47 Å². The Kier molecular flexibility index (Phi) is 7.85. The molecule has 3 nitrogen and oxygen atoms in total. The lowest BCUT2D eigenvalue weighted by Crippen LogP contribution is -2.20. The smallest absolute Gasteiger partial charge is 0.434 e. The van der Waals surface area contributed by atoms with Gasteiger partial charge in [0, 0.05) is 0 Å². The Morgan fingerprint density at radius 3 is 2.35 bits per heavy atom. The predicted molar refractivity (Wildman–Crippen MR) is 68.1 cm³/mol. The minimum atomic E-state index is -0.466. The summed E-state index contributed by atoms with van der Waals surface area (Å²) in [7, 11) is 0. The maximum Gasteiger partial charge on any atom is 0.508 e. The van der Waals surface area contributed by atoms with Gasteiger partial charge in [0.15, 0.2) is 0 Å².